The Hall–Kier alpha value is -3.17. The van der Waals surface area contributed by atoms with Crippen molar-refractivity contribution in [2.45, 2.75) is 5.16 Å². The average molecular weight is 480 g/mol. The Labute approximate surface area is 199 Å². The van der Waals surface area contributed by atoms with Crippen LogP contribution in [0.15, 0.2) is 77.3 Å². The van der Waals surface area contributed by atoms with Gasteiger partial charge in [0.2, 0.25) is 5.91 Å². The molecule has 0 radical (unpaired) electrons. The number of carbonyl (C=O) groups is 1. The summed E-state index contributed by atoms with van der Waals surface area (Å²) in [6.07, 6.45) is 0. The molecule has 5 rings (SSSR count). The molecule has 2 aromatic carbocycles. The SMILES string of the molecule is O=C(CSc1nnc(-c2cccs2)n1-c1ccccc1)N1CCN(c2ccc(F)cc2)CC1. The molecule has 0 spiro atoms. The van der Waals surface area contributed by atoms with E-state index in [9.17, 15) is 9.18 Å². The third-order valence-electron chi connectivity index (χ3n) is 5.54. The molecule has 1 fully saturated rings. The van der Waals surface area contributed by atoms with Gasteiger partial charge in [-0.15, -0.1) is 21.5 Å². The van der Waals surface area contributed by atoms with Crippen molar-refractivity contribution in [2.24, 2.45) is 0 Å². The molecule has 1 saturated heterocycles. The summed E-state index contributed by atoms with van der Waals surface area (Å²) in [5, 5.41) is 11.5. The number of halogens is 1. The van der Waals surface area contributed by atoms with Gasteiger partial charge in [-0.25, -0.2) is 4.39 Å². The van der Waals surface area contributed by atoms with Crippen LogP contribution < -0.4 is 4.90 Å². The average Bonchev–Trinajstić information content (AvgIpc) is 3.54. The molecule has 1 amide bonds. The number of amides is 1. The van der Waals surface area contributed by atoms with Crippen LogP contribution in [0.2, 0.25) is 0 Å². The number of rotatable bonds is 6. The van der Waals surface area contributed by atoms with Crippen LogP contribution in [0, 0.1) is 5.82 Å². The van der Waals surface area contributed by atoms with Crippen molar-refractivity contribution in [3.05, 3.63) is 77.9 Å². The fourth-order valence-corrected chi connectivity index (χ4v) is 5.38. The number of piperazine rings is 1. The van der Waals surface area contributed by atoms with E-state index in [1.807, 2.05) is 57.3 Å². The van der Waals surface area contributed by atoms with Crippen LogP contribution in [0.5, 0.6) is 0 Å². The van der Waals surface area contributed by atoms with E-state index in [0.29, 0.717) is 24.0 Å². The van der Waals surface area contributed by atoms with Gasteiger partial charge in [0, 0.05) is 37.6 Å². The second kappa shape index (κ2) is 9.76. The van der Waals surface area contributed by atoms with E-state index < -0.39 is 0 Å². The lowest BCUT2D eigenvalue weighted by Crippen LogP contribution is -2.49. The number of nitrogens with zero attached hydrogens (tertiary/aromatic N) is 5. The molecule has 1 aliphatic rings. The summed E-state index contributed by atoms with van der Waals surface area (Å²) in [6.45, 7) is 2.74. The Morgan fingerprint density at radius 3 is 2.36 bits per heavy atom. The molecule has 0 aliphatic carbocycles. The first kappa shape index (κ1) is 21.7. The standard InChI is InChI=1S/C24H22FN5OS2/c25-18-8-10-19(11-9-18)28-12-14-29(15-13-28)22(31)17-33-24-27-26-23(21-7-4-16-32-21)30(24)20-5-2-1-3-6-20/h1-11,16H,12-15,17H2. The predicted octanol–water partition coefficient (Wildman–Crippen LogP) is 4.58. The summed E-state index contributed by atoms with van der Waals surface area (Å²) in [5.74, 6) is 0.916. The van der Waals surface area contributed by atoms with Gasteiger partial charge in [-0.2, -0.15) is 0 Å². The van der Waals surface area contributed by atoms with Crippen LogP contribution in [0.4, 0.5) is 10.1 Å². The number of aromatic nitrogens is 3. The Balaban J connectivity index is 1.25. The lowest BCUT2D eigenvalue weighted by Gasteiger charge is -2.36. The fourth-order valence-electron chi connectivity index (χ4n) is 3.82. The maximum absolute atomic E-state index is 13.2. The number of carbonyl (C=O) groups excluding carboxylic acids is 1. The highest BCUT2D eigenvalue weighted by molar-refractivity contribution is 7.99. The highest BCUT2D eigenvalue weighted by atomic mass is 32.2. The van der Waals surface area contributed by atoms with E-state index >= 15 is 0 Å². The molecule has 0 N–H and O–H groups in total. The number of hydrogen-bond donors (Lipinski definition) is 0. The van der Waals surface area contributed by atoms with E-state index in [4.69, 9.17) is 0 Å². The van der Waals surface area contributed by atoms with Gasteiger partial charge in [0.25, 0.3) is 0 Å². The van der Waals surface area contributed by atoms with E-state index in [2.05, 4.69) is 15.1 Å². The quantitative estimate of drug-likeness (QED) is 0.379. The summed E-state index contributed by atoms with van der Waals surface area (Å²) in [6, 6.07) is 20.5. The second-order valence-corrected chi connectivity index (χ2v) is 9.48. The number of thiophene rings is 1. The van der Waals surface area contributed by atoms with E-state index in [1.54, 1.807) is 23.5 Å². The normalized spacial score (nSPS) is 14.0. The molecule has 0 atom stereocenters. The van der Waals surface area contributed by atoms with Crippen molar-refractivity contribution >= 4 is 34.7 Å². The highest BCUT2D eigenvalue weighted by Crippen LogP contribution is 2.30. The van der Waals surface area contributed by atoms with Crippen LogP contribution in [0.1, 0.15) is 0 Å². The Kier molecular flexibility index (Phi) is 6.41. The smallest absolute Gasteiger partial charge is 0.233 e. The summed E-state index contributed by atoms with van der Waals surface area (Å²) in [4.78, 5) is 18.0. The first-order chi connectivity index (χ1) is 16.2. The predicted molar refractivity (Wildman–Crippen MR) is 131 cm³/mol. The molecule has 4 aromatic rings. The van der Waals surface area contributed by atoms with Gasteiger partial charge in [-0.3, -0.25) is 9.36 Å². The number of anilines is 1. The molecule has 3 heterocycles. The molecule has 168 valence electrons. The number of para-hydroxylation sites is 1. The summed E-state index contributed by atoms with van der Waals surface area (Å²) in [7, 11) is 0. The molecule has 33 heavy (non-hydrogen) atoms. The third-order valence-corrected chi connectivity index (χ3v) is 7.32. The van der Waals surface area contributed by atoms with Crippen molar-refractivity contribution in [1.29, 1.82) is 0 Å². The molecule has 2 aromatic heterocycles. The van der Waals surface area contributed by atoms with E-state index in [0.717, 1.165) is 35.2 Å². The number of benzene rings is 2. The number of thioether (sulfide) groups is 1. The van der Waals surface area contributed by atoms with Crippen molar-refractivity contribution in [2.75, 3.05) is 36.8 Å². The van der Waals surface area contributed by atoms with Crippen LogP contribution in [-0.4, -0.2) is 57.5 Å². The lowest BCUT2D eigenvalue weighted by molar-refractivity contribution is -0.128. The first-order valence-corrected chi connectivity index (χ1v) is 12.5. The lowest BCUT2D eigenvalue weighted by atomic mass is 10.2. The van der Waals surface area contributed by atoms with Gasteiger partial charge in [0.1, 0.15) is 5.82 Å². The van der Waals surface area contributed by atoms with Gasteiger partial charge in [0.05, 0.1) is 10.6 Å². The van der Waals surface area contributed by atoms with Crippen LogP contribution in [0.3, 0.4) is 0 Å². The molecule has 0 unspecified atom stereocenters. The minimum Gasteiger partial charge on any atom is -0.368 e. The minimum absolute atomic E-state index is 0.0824. The maximum Gasteiger partial charge on any atom is 0.233 e. The Morgan fingerprint density at radius 2 is 1.67 bits per heavy atom. The first-order valence-electron chi connectivity index (χ1n) is 10.6. The van der Waals surface area contributed by atoms with Gasteiger partial charge >= 0.3 is 0 Å². The van der Waals surface area contributed by atoms with Crippen molar-refractivity contribution in [1.82, 2.24) is 19.7 Å². The maximum atomic E-state index is 13.2. The molecule has 0 saturated carbocycles. The zero-order valence-electron chi connectivity index (χ0n) is 17.8. The minimum atomic E-state index is -0.241. The fraction of sp³-hybridized carbons (Fsp3) is 0.208. The molecular weight excluding hydrogens is 457 g/mol. The van der Waals surface area contributed by atoms with E-state index in [-0.39, 0.29) is 11.7 Å². The summed E-state index contributed by atoms with van der Waals surface area (Å²) >= 11 is 3.02. The third kappa shape index (κ3) is 4.79. The molecule has 1 aliphatic heterocycles. The van der Waals surface area contributed by atoms with Crippen molar-refractivity contribution in [3.63, 3.8) is 0 Å². The molecular formula is C24H22FN5OS2. The van der Waals surface area contributed by atoms with Gasteiger partial charge < -0.3 is 9.80 Å². The highest BCUT2D eigenvalue weighted by Gasteiger charge is 2.23. The Bertz CT molecular complexity index is 1200. The van der Waals surface area contributed by atoms with Crippen molar-refractivity contribution in [3.8, 4) is 16.4 Å². The monoisotopic (exact) mass is 479 g/mol. The van der Waals surface area contributed by atoms with Gasteiger partial charge in [-0.1, -0.05) is 36.0 Å². The Morgan fingerprint density at radius 1 is 0.909 bits per heavy atom. The topological polar surface area (TPSA) is 54.3 Å². The summed E-state index contributed by atoms with van der Waals surface area (Å²) in [5.41, 5.74) is 1.95. The number of hydrogen-bond acceptors (Lipinski definition) is 6. The van der Waals surface area contributed by atoms with Crippen molar-refractivity contribution < 1.29 is 9.18 Å². The van der Waals surface area contributed by atoms with E-state index in [1.165, 1.54) is 23.9 Å². The van der Waals surface area contributed by atoms with Gasteiger partial charge in [-0.05, 0) is 47.8 Å². The molecule has 9 heteroatoms. The van der Waals surface area contributed by atoms with Crippen LogP contribution in [0.25, 0.3) is 16.4 Å². The second-order valence-electron chi connectivity index (χ2n) is 7.59. The zero-order chi connectivity index (χ0) is 22.6. The molecule has 6 nitrogen and oxygen atoms in total. The molecule has 0 bridgehead atoms. The van der Waals surface area contributed by atoms with Crippen LogP contribution in [-0.2, 0) is 4.79 Å². The summed E-state index contributed by atoms with van der Waals surface area (Å²) < 4.78 is 15.2. The van der Waals surface area contributed by atoms with Gasteiger partial charge in [0.15, 0.2) is 11.0 Å². The zero-order valence-corrected chi connectivity index (χ0v) is 19.4. The van der Waals surface area contributed by atoms with Crippen LogP contribution >= 0.6 is 23.1 Å². The largest absolute Gasteiger partial charge is 0.368 e.